The molecule has 0 spiro atoms. The van der Waals surface area contributed by atoms with Crippen LogP contribution in [-0.2, 0) is 0 Å². The molecule has 1 aliphatic carbocycles. The van der Waals surface area contributed by atoms with Crippen LogP contribution in [0.15, 0.2) is 6.07 Å². The molecule has 1 saturated carbocycles. The Hall–Kier alpha value is -1.36. The van der Waals surface area contributed by atoms with Crippen molar-refractivity contribution in [2.45, 2.75) is 44.9 Å². The van der Waals surface area contributed by atoms with E-state index in [2.05, 4.69) is 22.2 Å². The van der Waals surface area contributed by atoms with Gasteiger partial charge in [0.1, 0.15) is 17.5 Å². The van der Waals surface area contributed by atoms with E-state index in [4.69, 9.17) is 10.8 Å². The molecule has 1 unspecified atom stereocenters. The second-order valence-corrected chi connectivity index (χ2v) is 5.36. The molecule has 0 aliphatic heterocycles. The van der Waals surface area contributed by atoms with Gasteiger partial charge in [-0.25, -0.2) is 9.97 Å². The molecule has 1 aliphatic rings. The summed E-state index contributed by atoms with van der Waals surface area (Å²) in [7, 11) is 0. The highest BCUT2D eigenvalue weighted by atomic mass is 16.3. The molecule has 4 N–H and O–H groups in total. The van der Waals surface area contributed by atoms with E-state index in [-0.39, 0.29) is 6.61 Å². The Bertz CT molecular complexity index is 400. The number of hydrogen-bond acceptors (Lipinski definition) is 5. The fraction of sp³-hybridized carbons (Fsp3) is 0.714. The maximum atomic E-state index is 9.06. The molecule has 19 heavy (non-hydrogen) atoms. The zero-order valence-corrected chi connectivity index (χ0v) is 11.6. The Morgan fingerprint density at radius 1 is 1.42 bits per heavy atom. The molecule has 5 heteroatoms. The van der Waals surface area contributed by atoms with Gasteiger partial charge in [-0.2, -0.15) is 0 Å². The molecular formula is C14H24N4O. The number of aliphatic hydroxyl groups is 1. The van der Waals surface area contributed by atoms with Crippen molar-refractivity contribution in [1.29, 1.82) is 0 Å². The summed E-state index contributed by atoms with van der Waals surface area (Å²) in [5, 5.41) is 12.4. The van der Waals surface area contributed by atoms with Gasteiger partial charge in [0.25, 0.3) is 0 Å². The van der Waals surface area contributed by atoms with Crippen LogP contribution in [0.4, 0.5) is 11.6 Å². The normalized spacial score (nSPS) is 16.3. The van der Waals surface area contributed by atoms with E-state index in [9.17, 15) is 0 Å². The summed E-state index contributed by atoms with van der Waals surface area (Å²) in [5.74, 6) is 3.21. The van der Waals surface area contributed by atoms with Crippen LogP contribution in [0.3, 0.4) is 0 Å². The van der Waals surface area contributed by atoms with E-state index < -0.39 is 0 Å². The summed E-state index contributed by atoms with van der Waals surface area (Å²) in [5.41, 5.74) is 5.82. The molecule has 1 heterocycles. The van der Waals surface area contributed by atoms with Gasteiger partial charge in [0, 0.05) is 25.1 Å². The van der Waals surface area contributed by atoms with Gasteiger partial charge in [0.2, 0.25) is 0 Å². The van der Waals surface area contributed by atoms with Crippen molar-refractivity contribution in [3.05, 3.63) is 11.9 Å². The van der Waals surface area contributed by atoms with Crippen molar-refractivity contribution >= 4 is 11.6 Å². The van der Waals surface area contributed by atoms with E-state index in [1.807, 2.05) is 0 Å². The van der Waals surface area contributed by atoms with Crippen molar-refractivity contribution in [3.63, 3.8) is 0 Å². The predicted octanol–water partition coefficient (Wildman–Crippen LogP) is 2.15. The van der Waals surface area contributed by atoms with Gasteiger partial charge in [-0.15, -0.1) is 0 Å². The second kappa shape index (κ2) is 6.70. The van der Waals surface area contributed by atoms with Crippen LogP contribution in [0.1, 0.15) is 50.8 Å². The molecule has 1 atom stereocenters. The number of nitrogens with two attached hydrogens (primary N) is 1. The first-order valence-corrected chi connectivity index (χ1v) is 7.22. The average molecular weight is 264 g/mol. The molecule has 0 aromatic carbocycles. The highest BCUT2D eigenvalue weighted by Crippen LogP contribution is 2.38. The number of aliphatic hydroxyl groups excluding tert-OH is 1. The quantitative estimate of drug-likeness (QED) is 0.670. The fourth-order valence-corrected chi connectivity index (χ4v) is 2.29. The number of hydrogen-bond donors (Lipinski definition) is 3. The lowest BCUT2D eigenvalue weighted by Gasteiger charge is -2.16. The van der Waals surface area contributed by atoms with Crippen LogP contribution >= 0.6 is 0 Å². The van der Waals surface area contributed by atoms with E-state index in [0.717, 1.165) is 37.4 Å². The molecule has 0 radical (unpaired) electrons. The summed E-state index contributed by atoms with van der Waals surface area (Å²) < 4.78 is 0. The third-order valence-corrected chi connectivity index (χ3v) is 3.51. The van der Waals surface area contributed by atoms with E-state index in [1.54, 1.807) is 6.07 Å². The van der Waals surface area contributed by atoms with Crippen molar-refractivity contribution in [2.75, 3.05) is 24.2 Å². The van der Waals surface area contributed by atoms with Gasteiger partial charge in [0.05, 0.1) is 0 Å². The van der Waals surface area contributed by atoms with Crippen LogP contribution in [0.2, 0.25) is 0 Å². The molecular weight excluding hydrogens is 240 g/mol. The smallest absolute Gasteiger partial charge is 0.136 e. The van der Waals surface area contributed by atoms with Crippen LogP contribution in [0.25, 0.3) is 0 Å². The molecule has 5 nitrogen and oxygen atoms in total. The number of anilines is 2. The number of nitrogens with zero attached hydrogens (tertiary/aromatic N) is 2. The lowest BCUT2D eigenvalue weighted by molar-refractivity contribution is 0.255. The minimum absolute atomic E-state index is 0.242. The molecule has 106 valence electrons. The second-order valence-electron chi connectivity index (χ2n) is 5.36. The summed E-state index contributed by atoms with van der Waals surface area (Å²) in [6.45, 7) is 3.23. The molecule has 0 amide bonds. The summed E-state index contributed by atoms with van der Waals surface area (Å²) in [6, 6.07) is 1.79. The SMILES string of the molecule is CCCC(CCO)CNc1cc(N)nc(C2CC2)n1. The lowest BCUT2D eigenvalue weighted by Crippen LogP contribution is -2.17. The number of nitrogens with one attached hydrogen (secondary N) is 1. The topological polar surface area (TPSA) is 84.1 Å². The number of aromatic nitrogens is 2. The fourth-order valence-electron chi connectivity index (χ4n) is 2.29. The molecule has 0 bridgehead atoms. The van der Waals surface area contributed by atoms with Crippen LogP contribution in [-0.4, -0.2) is 28.2 Å². The first-order chi connectivity index (χ1) is 9.22. The minimum Gasteiger partial charge on any atom is -0.396 e. The van der Waals surface area contributed by atoms with E-state index in [1.165, 1.54) is 12.8 Å². The maximum Gasteiger partial charge on any atom is 0.136 e. The van der Waals surface area contributed by atoms with Crippen molar-refractivity contribution < 1.29 is 5.11 Å². The zero-order valence-electron chi connectivity index (χ0n) is 11.6. The van der Waals surface area contributed by atoms with E-state index >= 15 is 0 Å². The van der Waals surface area contributed by atoms with Gasteiger partial charge in [-0.1, -0.05) is 13.3 Å². The largest absolute Gasteiger partial charge is 0.396 e. The Morgan fingerprint density at radius 2 is 2.21 bits per heavy atom. The van der Waals surface area contributed by atoms with Crippen LogP contribution < -0.4 is 11.1 Å². The van der Waals surface area contributed by atoms with Crippen molar-refractivity contribution in [1.82, 2.24) is 9.97 Å². The van der Waals surface area contributed by atoms with Gasteiger partial charge in [-0.05, 0) is 31.6 Å². The van der Waals surface area contributed by atoms with Crippen molar-refractivity contribution in [3.8, 4) is 0 Å². The molecule has 1 aromatic heterocycles. The van der Waals surface area contributed by atoms with Gasteiger partial charge >= 0.3 is 0 Å². The van der Waals surface area contributed by atoms with Gasteiger partial charge < -0.3 is 16.2 Å². The Morgan fingerprint density at radius 3 is 2.84 bits per heavy atom. The first-order valence-electron chi connectivity index (χ1n) is 7.22. The Balaban J connectivity index is 1.93. The van der Waals surface area contributed by atoms with Crippen LogP contribution in [0, 0.1) is 5.92 Å². The highest BCUT2D eigenvalue weighted by Gasteiger charge is 2.27. The monoisotopic (exact) mass is 264 g/mol. The van der Waals surface area contributed by atoms with Crippen LogP contribution in [0.5, 0.6) is 0 Å². The molecule has 1 aromatic rings. The molecule has 2 rings (SSSR count). The first kappa shape index (κ1) is 14.1. The standard InChI is InChI=1S/C14H24N4O/c1-2-3-10(6-7-19)9-16-13-8-12(15)17-14(18-13)11-4-5-11/h8,10-11,19H,2-7,9H2,1H3,(H3,15,16,17,18). The van der Waals surface area contributed by atoms with E-state index in [0.29, 0.717) is 17.7 Å². The predicted molar refractivity (Wildman–Crippen MR) is 77.0 cm³/mol. The number of rotatable bonds is 8. The zero-order chi connectivity index (χ0) is 13.7. The third-order valence-electron chi connectivity index (χ3n) is 3.51. The lowest BCUT2D eigenvalue weighted by atomic mass is 10.0. The third kappa shape index (κ3) is 4.35. The summed E-state index contributed by atoms with van der Waals surface area (Å²) >= 11 is 0. The van der Waals surface area contributed by atoms with Gasteiger partial charge in [-0.3, -0.25) is 0 Å². The Labute approximate surface area is 114 Å². The highest BCUT2D eigenvalue weighted by molar-refractivity contribution is 5.45. The maximum absolute atomic E-state index is 9.06. The van der Waals surface area contributed by atoms with Crippen molar-refractivity contribution in [2.24, 2.45) is 5.92 Å². The summed E-state index contributed by atoms with van der Waals surface area (Å²) in [4.78, 5) is 8.81. The summed E-state index contributed by atoms with van der Waals surface area (Å²) in [6.07, 6.45) is 5.42. The average Bonchev–Trinajstić information content (AvgIpc) is 3.20. The van der Waals surface area contributed by atoms with Gasteiger partial charge in [0.15, 0.2) is 0 Å². The number of nitrogen functional groups attached to an aromatic ring is 1. The Kier molecular flexibility index (Phi) is 4.96. The molecule has 1 fully saturated rings. The molecule has 0 saturated heterocycles. The minimum atomic E-state index is 0.242.